The van der Waals surface area contributed by atoms with E-state index in [9.17, 15) is 0 Å². The smallest absolute Gasteiger partial charge is 0.240 e. The maximum atomic E-state index is 7.10. The van der Waals surface area contributed by atoms with Gasteiger partial charge < -0.3 is 14.7 Å². The average Bonchev–Trinajstić information content (AvgIpc) is 3.30. The summed E-state index contributed by atoms with van der Waals surface area (Å²) in [6.45, 7) is 6.91. The molecule has 1 heterocycles. The van der Waals surface area contributed by atoms with Crippen molar-refractivity contribution in [3.8, 4) is 5.69 Å². The molecule has 0 amide bonds. The zero-order chi connectivity index (χ0) is 24.3. The second-order valence-electron chi connectivity index (χ2n) is 9.45. The first kappa shape index (κ1) is 24.8. The van der Waals surface area contributed by atoms with E-state index in [4.69, 9.17) is 33.4 Å². The molecule has 0 radical (unpaired) electrons. The van der Waals surface area contributed by atoms with E-state index in [2.05, 4.69) is 69.3 Å². The highest BCUT2D eigenvalue weighted by atomic mass is 35.5. The zero-order valence-corrected chi connectivity index (χ0v) is 22.4. The third kappa shape index (κ3) is 5.17. The topological polar surface area (TPSA) is 40.2 Å². The molecular weight excluding hydrogens is 479 g/mol. The fraction of sp³-hybridized carbons (Fsp3) is 0.214. The highest BCUT2D eigenvalue weighted by Crippen LogP contribution is 2.45. The van der Waals surface area contributed by atoms with Crippen molar-refractivity contribution in [2.45, 2.75) is 33.4 Å². The van der Waals surface area contributed by atoms with Crippen LogP contribution in [-0.4, -0.2) is 13.6 Å². The van der Waals surface area contributed by atoms with Gasteiger partial charge in [-0.2, -0.15) is 0 Å². The van der Waals surface area contributed by atoms with Crippen molar-refractivity contribution < 1.29 is 4.43 Å². The molecular formula is C28H30Cl2N2OSi. The Labute approximate surface area is 213 Å². The van der Waals surface area contributed by atoms with E-state index in [1.54, 1.807) is 0 Å². The summed E-state index contributed by atoms with van der Waals surface area (Å²) in [6.07, 6.45) is 1.65. The number of benzene rings is 3. The van der Waals surface area contributed by atoms with Crippen LogP contribution >= 0.6 is 23.2 Å². The molecule has 0 saturated carbocycles. The molecule has 1 unspecified atom stereocenters. The maximum Gasteiger partial charge on any atom is 0.240 e. The third-order valence-corrected chi connectivity index (χ3v) is 9.19. The highest BCUT2D eigenvalue weighted by Gasteiger charge is 2.35. The van der Waals surface area contributed by atoms with Crippen LogP contribution in [0.25, 0.3) is 5.69 Å². The number of hydrogen-bond donors (Lipinski definition) is 1. The van der Waals surface area contributed by atoms with Gasteiger partial charge in [0.25, 0.3) is 0 Å². The first-order chi connectivity index (χ1) is 16.3. The molecule has 0 aliphatic heterocycles. The van der Waals surface area contributed by atoms with Crippen LogP contribution in [0.1, 0.15) is 38.1 Å². The second kappa shape index (κ2) is 10.5. The minimum absolute atomic E-state index is 0.256. The van der Waals surface area contributed by atoms with Gasteiger partial charge in [0.15, 0.2) is 0 Å². The monoisotopic (exact) mass is 508 g/mol. The Bertz CT molecular complexity index is 1200. The molecule has 34 heavy (non-hydrogen) atoms. The van der Waals surface area contributed by atoms with E-state index in [1.165, 1.54) is 10.4 Å². The first-order valence-corrected chi connectivity index (χ1v) is 13.8. The van der Waals surface area contributed by atoms with Crippen molar-refractivity contribution in [2.75, 3.05) is 0 Å². The van der Waals surface area contributed by atoms with Gasteiger partial charge in [0, 0.05) is 29.0 Å². The molecule has 0 saturated heterocycles. The largest absolute Gasteiger partial charge is 0.403 e. The normalized spacial score (nSPS) is 12.8. The maximum absolute atomic E-state index is 7.10. The Balaban J connectivity index is 1.85. The molecule has 0 spiro atoms. The van der Waals surface area contributed by atoms with Gasteiger partial charge in [0.05, 0.1) is 16.8 Å². The van der Waals surface area contributed by atoms with Crippen LogP contribution in [0.3, 0.4) is 0 Å². The Morgan fingerprint density at radius 2 is 1.44 bits per heavy atom. The second-order valence-corrected chi connectivity index (χ2v) is 12.6. The summed E-state index contributed by atoms with van der Waals surface area (Å²) in [5.74, 6) is 0. The van der Waals surface area contributed by atoms with Crippen LogP contribution in [0, 0.1) is 5.41 Å². The molecule has 176 valence electrons. The van der Waals surface area contributed by atoms with E-state index in [-0.39, 0.29) is 11.5 Å². The quantitative estimate of drug-likeness (QED) is 0.316. The van der Waals surface area contributed by atoms with Crippen molar-refractivity contribution in [1.82, 2.24) is 4.57 Å². The minimum Gasteiger partial charge on any atom is -0.403 e. The molecule has 3 aromatic carbocycles. The SMILES string of the molecule is CC(C)(C)C(O[SiH](c1ccccc1)c1ccccc1)c1c(Cl)ccc(-n2cccc2CN)c1Cl. The number of aromatic nitrogens is 1. The summed E-state index contributed by atoms with van der Waals surface area (Å²) in [5, 5.41) is 3.61. The molecule has 1 aromatic heterocycles. The van der Waals surface area contributed by atoms with Crippen molar-refractivity contribution >= 4 is 42.6 Å². The molecule has 1 atom stereocenters. The molecule has 0 fully saturated rings. The van der Waals surface area contributed by atoms with Crippen LogP contribution in [-0.2, 0) is 11.0 Å². The number of nitrogens with zero attached hydrogens (tertiary/aromatic N) is 1. The van der Waals surface area contributed by atoms with E-state index >= 15 is 0 Å². The van der Waals surface area contributed by atoms with Crippen LogP contribution in [0.2, 0.25) is 10.0 Å². The van der Waals surface area contributed by atoms with Gasteiger partial charge in [-0.25, -0.2) is 0 Å². The lowest BCUT2D eigenvalue weighted by atomic mass is 9.84. The van der Waals surface area contributed by atoms with Crippen molar-refractivity contribution in [3.63, 3.8) is 0 Å². The number of hydrogen-bond acceptors (Lipinski definition) is 2. The lowest BCUT2D eigenvalue weighted by molar-refractivity contribution is 0.0898. The number of halogens is 2. The summed E-state index contributed by atoms with van der Waals surface area (Å²) in [6, 6.07) is 28.7. The fourth-order valence-corrected chi connectivity index (χ4v) is 7.57. The molecule has 0 bridgehead atoms. The summed E-state index contributed by atoms with van der Waals surface area (Å²) in [5.41, 5.74) is 8.35. The lowest BCUT2D eigenvalue weighted by Crippen LogP contribution is -2.47. The van der Waals surface area contributed by atoms with Crippen LogP contribution in [0.15, 0.2) is 91.1 Å². The van der Waals surface area contributed by atoms with Gasteiger partial charge in [-0.3, -0.25) is 0 Å². The third-order valence-electron chi connectivity index (χ3n) is 5.93. The predicted molar refractivity (Wildman–Crippen MR) is 146 cm³/mol. The van der Waals surface area contributed by atoms with E-state index in [1.807, 2.05) is 47.2 Å². The molecule has 3 nitrogen and oxygen atoms in total. The Morgan fingerprint density at radius 3 is 1.97 bits per heavy atom. The van der Waals surface area contributed by atoms with Gasteiger partial charge in [-0.15, -0.1) is 0 Å². The highest BCUT2D eigenvalue weighted by molar-refractivity contribution is 6.80. The Kier molecular flexibility index (Phi) is 7.66. The molecule has 4 rings (SSSR count). The van der Waals surface area contributed by atoms with E-state index in [0.717, 1.165) is 16.9 Å². The summed E-state index contributed by atoms with van der Waals surface area (Å²) >= 11 is 13.9. The summed E-state index contributed by atoms with van der Waals surface area (Å²) < 4.78 is 9.12. The van der Waals surface area contributed by atoms with Crippen molar-refractivity contribution in [3.05, 3.63) is 112 Å². The standard InChI is InChI=1S/C28H30Cl2N2OSi/c1-28(2,3)27(33-34(21-12-6-4-7-13-21)22-14-8-5-9-15-22)25-23(29)16-17-24(26(25)30)32-18-10-11-20(32)19-31/h4-18,27,34H,19,31H2,1-3H3. The van der Waals surface area contributed by atoms with Crippen LogP contribution < -0.4 is 16.1 Å². The molecule has 0 aliphatic rings. The fourth-order valence-electron chi connectivity index (χ4n) is 4.25. The number of rotatable bonds is 7. The van der Waals surface area contributed by atoms with Gasteiger partial charge in [-0.1, -0.05) is 105 Å². The number of nitrogens with two attached hydrogens (primary N) is 1. The zero-order valence-electron chi connectivity index (χ0n) is 19.7. The average molecular weight is 510 g/mol. The van der Waals surface area contributed by atoms with Crippen LogP contribution in [0.4, 0.5) is 0 Å². The summed E-state index contributed by atoms with van der Waals surface area (Å²) in [7, 11) is -2.06. The van der Waals surface area contributed by atoms with Gasteiger partial charge >= 0.3 is 0 Å². The molecule has 0 aliphatic carbocycles. The van der Waals surface area contributed by atoms with Gasteiger partial charge in [0.1, 0.15) is 0 Å². The van der Waals surface area contributed by atoms with Crippen molar-refractivity contribution in [1.29, 1.82) is 0 Å². The predicted octanol–water partition coefficient (Wildman–Crippen LogP) is 5.88. The van der Waals surface area contributed by atoms with E-state index in [0.29, 0.717) is 16.6 Å². The lowest BCUT2D eigenvalue weighted by Gasteiger charge is -2.36. The van der Waals surface area contributed by atoms with Gasteiger partial charge in [-0.05, 0) is 40.1 Å². The minimum atomic E-state index is -2.06. The Morgan fingerprint density at radius 1 is 0.853 bits per heavy atom. The van der Waals surface area contributed by atoms with Gasteiger partial charge in [0.2, 0.25) is 9.04 Å². The van der Waals surface area contributed by atoms with Crippen molar-refractivity contribution in [2.24, 2.45) is 11.1 Å². The first-order valence-electron chi connectivity index (χ1n) is 11.4. The Hall–Kier alpha value is -2.34. The molecule has 4 aromatic rings. The summed E-state index contributed by atoms with van der Waals surface area (Å²) in [4.78, 5) is 0. The van der Waals surface area contributed by atoms with E-state index < -0.39 is 9.04 Å². The molecule has 6 heteroatoms. The van der Waals surface area contributed by atoms with Crippen LogP contribution in [0.5, 0.6) is 0 Å². The molecule has 2 N–H and O–H groups in total.